The molecule has 4 N–H and O–H groups in total. The number of para-hydroxylation sites is 4. The zero-order chi connectivity index (χ0) is 54.5. The minimum Gasteiger partial charge on any atom is -0.861 e. The first kappa shape index (κ1) is 55.4. The average molecular weight is 1070 g/mol. The van der Waals surface area contributed by atoms with Crippen LogP contribution in [0.25, 0.3) is 78.7 Å². The summed E-state index contributed by atoms with van der Waals surface area (Å²) in [5, 5.41) is 33.9. The van der Waals surface area contributed by atoms with Gasteiger partial charge in [0, 0.05) is 88.8 Å². The van der Waals surface area contributed by atoms with Crippen LogP contribution in [0.5, 0.6) is 0 Å². The van der Waals surface area contributed by atoms with Crippen LogP contribution in [0.1, 0.15) is 106 Å². The van der Waals surface area contributed by atoms with E-state index in [1.165, 1.54) is 0 Å². The van der Waals surface area contributed by atoms with Crippen molar-refractivity contribution >= 4 is 80.6 Å². The Bertz CT molecular complexity index is 3480. The molecule has 8 bridgehead atoms. The monoisotopic (exact) mass is 1070 g/mol. The molecule has 0 saturated heterocycles. The molecule has 0 unspecified atom stereocenters. The maximum atomic E-state index is 13.8. The minimum atomic E-state index is -0.736. The number of benzene rings is 4. The second kappa shape index (κ2) is 21.3. The molecule has 0 fully saturated rings. The fourth-order valence-corrected chi connectivity index (χ4v) is 9.00. The number of aromatic amines is 2. The van der Waals surface area contributed by atoms with Crippen LogP contribution in [0.4, 0.5) is 22.7 Å². The molecule has 7 aromatic rings. The average Bonchev–Trinajstić information content (AvgIpc) is 4.25. The number of nitrogens with zero attached hydrogens (tertiary/aromatic N) is 4. The van der Waals surface area contributed by atoms with E-state index in [-0.39, 0.29) is 40.7 Å². The first-order valence-electron chi connectivity index (χ1n) is 25.9. The van der Waals surface area contributed by atoms with Crippen molar-refractivity contribution in [2.45, 2.75) is 95.9 Å². The molecule has 77 heavy (non-hydrogen) atoms. The number of amides is 2. The van der Waals surface area contributed by atoms with Gasteiger partial charge in [0.1, 0.15) is 0 Å². The second-order valence-corrected chi connectivity index (χ2v) is 23.7. The number of hydrogen-bond donors (Lipinski definition) is 4. The van der Waals surface area contributed by atoms with E-state index in [9.17, 15) is 19.8 Å². The number of hydrogen-bond acceptors (Lipinski definition) is 8. The quantitative estimate of drug-likeness (QED) is 0.0666. The van der Waals surface area contributed by atoms with Crippen LogP contribution in [0, 0.1) is 21.7 Å². The van der Waals surface area contributed by atoms with E-state index in [1.54, 1.807) is 0 Å². The summed E-state index contributed by atoms with van der Waals surface area (Å²) in [4.78, 5) is 55.8. The van der Waals surface area contributed by atoms with Crippen molar-refractivity contribution in [1.29, 1.82) is 0 Å². The summed E-state index contributed by atoms with van der Waals surface area (Å²) >= 11 is 0. The Morgan fingerprint density at radius 2 is 0.766 bits per heavy atom. The number of carbonyl (C=O) groups excluding carboxylic acids is 2. The third-order valence-corrected chi connectivity index (χ3v) is 13.4. The Morgan fingerprint density at radius 1 is 0.442 bits per heavy atom. The van der Waals surface area contributed by atoms with Gasteiger partial charge in [-0.2, -0.15) is 0 Å². The summed E-state index contributed by atoms with van der Waals surface area (Å²) in [6, 6.07) is 38.8. The Morgan fingerprint density at radius 3 is 1.12 bits per heavy atom. The molecule has 5 heterocycles. The van der Waals surface area contributed by atoms with Crippen molar-refractivity contribution in [2.75, 3.05) is 10.6 Å². The first-order chi connectivity index (χ1) is 35.9. The Kier molecular flexibility index (Phi) is 15.3. The number of anilines is 2. The van der Waals surface area contributed by atoms with Crippen molar-refractivity contribution in [3.63, 3.8) is 0 Å². The first-order valence-corrected chi connectivity index (χ1v) is 25.9. The molecule has 0 atom stereocenters. The Balaban J connectivity index is 0.00000784. The van der Waals surface area contributed by atoms with Crippen LogP contribution < -0.4 is 20.8 Å². The zero-order valence-corrected chi connectivity index (χ0v) is 47.0. The zero-order valence-electron chi connectivity index (χ0n) is 45.9. The molecular weight excluding hydrogens is 1000 g/mol. The van der Waals surface area contributed by atoms with Gasteiger partial charge in [0.15, 0.2) is 0 Å². The molecule has 3 aromatic heterocycles. The summed E-state index contributed by atoms with van der Waals surface area (Å²) in [5.74, 6) is -0.820. The molecule has 0 aliphatic carbocycles. The fourth-order valence-electron chi connectivity index (χ4n) is 9.00. The SMILES string of the molecule is CC(C)(C)C(=O)Nc1ccccc1-c1c2nc(c(-c3ccccc3NC(=O)C(C)(C)C)c3ccc([nH]3)c(-c3ccccc3N=C([O-])C(C)(C)C)c3nc(c(-c4ccccc4N=C([O-])C(C)(C)C)c4ccc1[nH]4)CC3)C=C2.[Fe+2]. The summed E-state index contributed by atoms with van der Waals surface area (Å²) < 4.78 is 0. The standard InChI is InChI=1S/C64H68N8O4.Fe/c1-61(2,3)57(73)69-41-25-17-13-21-37(41)53-45-29-31-47(65-45)54(38-22-14-18-26-42(38)70-58(74)62(4,5)6)49-33-35-51(67-49)56(40-24-16-20-28-44(40)72-60(76)64(10,11)12)52-36-34-50(68-52)55(48-32-30-46(53)66-48)39-23-15-19-27-43(39)71-59(75)63(7,8)9;/h13-33,35,66-67H,34,36H2,1-12H3,(H,69,73)(H,70,74)(H,71,75)(H,72,76);/q;+2/p-2. The number of aromatic nitrogens is 4. The molecular formula is C64H66FeN8O4. The summed E-state index contributed by atoms with van der Waals surface area (Å²) in [5.41, 5.74) is 10.8. The van der Waals surface area contributed by atoms with Crippen LogP contribution in [0.2, 0.25) is 0 Å². The maximum absolute atomic E-state index is 13.8. The summed E-state index contributed by atoms with van der Waals surface area (Å²) in [6.07, 6.45) is 4.99. The molecule has 0 saturated carbocycles. The van der Waals surface area contributed by atoms with E-state index in [4.69, 9.17) is 20.0 Å². The molecule has 9 rings (SSSR count). The van der Waals surface area contributed by atoms with Gasteiger partial charge < -0.3 is 30.8 Å². The molecule has 0 radical (unpaired) electrons. The molecule has 2 aliphatic rings. The van der Waals surface area contributed by atoms with E-state index in [0.717, 1.165) is 55.8 Å². The van der Waals surface area contributed by atoms with Crippen LogP contribution in [-0.2, 0) is 39.5 Å². The van der Waals surface area contributed by atoms with E-state index in [1.807, 2.05) is 217 Å². The van der Waals surface area contributed by atoms with E-state index in [0.29, 0.717) is 69.1 Å². The minimum absolute atomic E-state index is 0. The van der Waals surface area contributed by atoms with Gasteiger partial charge in [0.05, 0.1) is 34.2 Å². The van der Waals surface area contributed by atoms with Crippen molar-refractivity contribution in [3.8, 4) is 44.5 Å². The molecule has 4 aromatic carbocycles. The van der Waals surface area contributed by atoms with E-state index >= 15 is 0 Å². The number of H-pyrrole nitrogens is 2. The second-order valence-electron chi connectivity index (χ2n) is 23.7. The summed E-state index contributed by atoms with van der Waals surface area (Å²) in [6.45, 7) is 22.4. The smallest absolute Gasteiger partial charge is 0.861 e. The number of rotatable bonds is 8. The predicted molar refractivity (Wildman–Crippen MR) is 308 cm³/mol. The van der Waals surface area contributed by atoms with Gasteiger partial charge >= 0.3 is 17.1 Å². The molecule has 0 spiro atoms. The van der Waals surface area contributed by atoms with Gasteiger partial charge in [-0.25, -0.2) is 4.98 Å². The van der Waals surface area contributed by atoms with Gasteiger partial charge in [-0.1, -0.05) is 156 Å². The van der Waals surface area contributed by atoms with Crippen molar-refractivity contribution < 1.29 is 36.9 Å². The largest absolute Gasteiger partial charge is 2.00 e. The van der Waals surface area contributed by atoms with Crippen LogP contribution >= 0.6 is 0 Å². The van der Waals surface area contributed by atoms with Gasteiger partial charge in [0.2, 0.25) is 11.8 Å². The number of aryl methyl sites for hydroxylation is 2. The number of aliphatic imine (C=N–C) groups is 2. The van der Waals surface area contributed by atoms with Crippen molar-refractivity contribution in [3.05, 3.63) is 144 Å². The topological polar surface area (TPSA) is 186 Å². The number of fused-ring (bicyclic) bond motifs is 8. The van der Waals surface area contributed by atoms with Crippen LogP contribution in [0.15, 0.2) is 131 Å². The molecule has 13 heteroatoms. The predicted octanol–water partition coefficient (Wildman–Crippen LogP) is 13.8. The fraction of sp³-hybridized carbons (Fsp3) is 0.281. The van der Waals surface area contributed by atoms with Crippen molar-refractivity contribution in [2.24, 2.45) is 31.6 Å². The summed E-state index contributed by atoms with van der Waals surface area (Å²) in [7, 11) is 0. The molecule has 2 amide bonds. The van der Waals surface area contributed by atoms with E-state index in [2.05, 4.69) is 20.6 Å². The number of carbonyl (C=O) groups is 2. The Labute approximate surface area is 461 Å². The van der Waals surface area contributed by atoms with Gasteiger partial charge in [-0.15, -0.1) is 0 Å². The van der Waals surface area contributed by atoms with Crippen LogP contribution in [0.3, 0.4) is 0 Å². The normalized spacial score (nSPS) is 13.3. The van der Waals surface area contributed by atoms with Gasteiger partial charge in [-0.3, -0.25) is 24.6 Å². The van der Waals surface area contributed by atoms with Crippen molar-refractivity contribution in [1.82, 2.24) is 19.9 Å². The van der Waals surface area contributed by atoms with Gasteiger partial charge in [0.25, 0.3) is 0 Å². The third-order valence-electron chi connectivity index (χ3n) is 13.4. The third kappa shape index (κ3) is 11.6. The molecule has 2 aliphatic heterocycles. The van der Waals surface area contributed by atoms with Gasteiger partial charge in [-0.05, 0) is 96.2 Å². The van der Waals surface area contributed by atoms with Crippen LogP contribution in [-0.4, -0.2) is 43.5 Å². The molecule has 12 nitrogen and oxygen atoms in total. The maximum Gasteiger partial charge on any atom is 2.00 e. The molecule has 394 valence electrons. The Hall–Kier alpha value is -7.86. The number of nitrogens with one attached hydrogen (secondary N) is 4. The van der Waals surface area contributed by atoms with E-state index < -0.39 is 21.7 Å².